The van der Waals surface area contributed by atoms with Crippen molar-refractivity contribution < 1.29 is 17.6 Å². The van der Waals surface area contributed by atoms with Crippen LogP contribution in [-0.2, 0) is 9.84 Å². The zero-order valence-corrected chi connectivity index (χ0v) is 21.8. The number of ketones is 1. The summed E-state index contributed by atoms with van der Waals surface area (Å²) in [5.41, 5.74) is 7.43. The second-order valence-corrected chi connectivity index (χ2v) is 12.2. The number of hydrogen-bond donors (Lipinski definition) is 0. The van der Waals surface area contributed by atoms with Crippen LogP contribution in [0.25, 0.3) is 66.1 Å². The summed E-state index contributed by atoms with van der Waals surface area (Å²) in [5, 5.41) is 4.06. The molecule has 0 atom stereocenters. The van der Waals surface area contributed by atoms with Crippen LogP contribution in [0.15, 0.2) is 123 Å². The number of para-hydroxylation sites is 1. The largest absolute Gasteiger partial charge is 0.456 e. The third-order valence-electron chi connectivity index (χ3n) is 8.37. The molecule has 0 saturated heterocycles. The summed E-state index contributed by atoms with van der Waals surface area (Å²) in [6.45, 7) is 0. The highest BCUT2D eigenvalue weighted by molar-refractivity contribution is 7.91. The highest BCUT2D eigenvalue weighted by Crippen LogP contribution is 2.56. The molecule has 6 aromatic carbocycles. The Hall–Kier alpha value is -5.00. The first-order valence-corrected chi connectivity index (χ1v) is 14.6. The molecule has 0 bridgehead atoms. The first-order valence-electron chi connectivity index (χ1n) is 13.1. The Balaban J connectivity index is 1.51. The van der Waals surface area contributed by atoms with Crippen molar-refractivity contribution in [2.45, 2.75) is 9.79 Å². The van der Waals surface area contributed by atoms with E-state index < -0.39 is 9.84 Å². The van der Waals surface area contributed by atoms with E-state index in [0.717, 1.165) is 54.9 Å². The molecule has 1 aliphatic heterocycles. The van der Waals surface area contributed by atoms with Crippen LogP contribution in [0.3, 0.4) is 0 Å². The van der Waals surface area contributed by atoms with Crippen molar-refractivity contribution in [3.8, 4) is 33.4 Å². The lowest BCUT2D eigenvalue weighted by Gasteiger charge is -2.23. The fourth-order valence-electron chi connectivity index (χ4n) is 6.76. The van der Waals surface area contributed by atoms with E-state index >= 15 is 0 Å². The van der Waals surface area contributed by atoms with Gasteiger partial charge in [-0.1, -0.05) is 78.9 Å². The molecular formula is C35H18O4S. The Morgan fingerprint density at radius 3 is 2.05 bits per heavy atom. The van der Waals surface area contributed by atoms with Crippen LogP contribution in [-0.4, -0.2) is 14.2 Å². The lowest BCUT2D eigenvalue weighted by atomic mass is 9.85. The lowest BCUT2D eigenvalue weighted by molar-refractivity contribution is 0.103. The van der Waals surface area contributed by atoms with Crippen molar-refractivity contribution in [1.29, 1.82) is 0 Å². The number of rotatable bonds is 1. The summed E-state index contributed by atoms with van der Waals surface area (Å²) < 4.78 is 34.1. The molecule has 188 valence electrons. The molecular weight excluding hydrogens is 516 g/mol. The van der Waals surface area contributed by atoms with Crippen molar-refractivity contribution in [3.05, 3.63) is 120 Å². The minimum Gasteiger partial charge on any atom is -0.456 e. The van der Waals surface area contributed by atoms with Gasteiger partial charge in [0.05, 0.1) is 9.79 Å². The van der Waals surface area contributed by atoms with Gasteiger partial charge < -0.3 is 4.42 Å². The third kappa shape index (κ3) is 2.56. The number of sulfone groups is 1. The predicted molar refractivity (Wildman–Crippen MR) is 156 cm³/mol. The van der Waals surface area contributed by atoms with Gasteiger partial charge in [0.1, 0.15) is 11.2 Å². The Morgan fingerprint density at radius 1 is 0.500 bits per heavy atom. The van der Waals surface area contributed by atoms with Crippen LogP contribution < -0.4 is 0 Å². The summed E-state index contributed by atoms with van der Waals surface area (Å²) in [6.07, 6.45) is 0. The fraction of sp³-hybridized carbons (Fsp3) is 0. The van der Waals surface area contributed by atoms with Crippen molar-refractivity contribution in [1.82, 2.24) is 0 Å². The van der Waals surface area contributed by atoms with Gasteiger partial charge in [-0.25, -0.2) is 8.42 Å². The van der Waals surface area contributed by atoms with Crippen LogP contribution in [0, 0.1) is 0 Å². The maximum atomic E-state index is 14.1. The zero-order chi connectivity index (χ0) is 26.7. The molecule has 1 aliphatic carbocycles. The minimum absolute atomic E-state index is 0.0426. The first-order chi connectivity index (χ1) is 19.5. The van der Waals surface area contributed by atoms with E-state index in [1.165, 1.54) is 6.07 Å². The maximum Gasteiger partial charge on any atom is 0.208 e. The van der Waals surface area contributed by atoms with Gasteiger partial charge in [-0.05, 0) is 68.9 Å². The number of carbonyl (C=O) groups is 1. The molecule has 0 fully saturated rings. The number of fused-ring (bicyclic) bond motifs is 8. The van der Waals surface area contributed by atoms with E-state index in [2.05, 4.69) is 36.4 Å². The molecule has 1 aromatic heterocycles. The molecule has 0 amide bonds. The van der Waals surface area contributed by atoms with Gasteiger partial charge in [0.25, 0.3) is 0 Å². The van der Waals surface area contributed by atoms with Gasteiger partial charge in [0, 0.05) is 27.5 Å². The van der Waals surface area contributed by atoms with Gasteiger partial charge in [-0.2, -0.15) is 0 Å². The van der Waals surface area contributed by atoms with Gasteiger partial charge in [0.2, 0.25) is 9.84 Å². The molecule has 2 aliphatic rings. The maximum absolute atomic E-state index is 14.1. The van der Waals surface area contributed by atoms with Crippen LogP contribution in [0.1, 0.15) is 15.9 Å². The number of furan rings is 1. The Labute approximate surface area is 229 Å². The van der Waals surface area contributed by atoms with E-state index in [-0.39, 0.29) is 26.7 Å². The highest BCUT2D eigenvalue weighted by atomic mass is 32.2. The summed E-state index contributed by atoms with van der Waals surface area (Å²) >= 11 is 0. The summed E-state index contributed by atoms with van der Waals surface area (Å²) in [7, 11) is -3.90. The number of hydrogen-bond acceptors (Lipinski definition) is 4. The minimum atomic E-state index is -3.90. The summed E-state index contributed by atoms with van der Waals surface area (Å²) in [6, 6.07) is 34.1. The highest BCUT2D eigenvalue weighted by Gasteiger charge is 2.38. The second kappa shape index (κ2) is 7.34. The van der Waals surface area contributed by atoms with E-state index in [9.17, 15) is 13.2 Å². The average Bonchev–Trinajstić information content (AvgIpc) is 3.52. The van der Waals surface area contributed by atoms with Crippen molar-refractivity contribution in [2.75, 3.05) is 0 Å². The molecule has 0 unspecified atom stereocenters. The van der Waals surface area contributed by atoms with Gasteiger partial charge in [-0.15, -0.1) is 0 Å². The Bertz CT molecular complexity index is 2410. The quantitative estimate of drug-likeness (QED) is 0.212. The zero-order valence-electron chi connectivity index (χ0n) is 20.9. The molecule has 2 heterocycles. The molecule has 9 rings (SSSR count). The molecule has 40 heavy (non-hydrogen) atoms. The van der Waals surface area contributed by atoms with Gasteiger partial charge in [-0.3, -0.25) is 4.79 Å². The summed E-state index contributed by atoms with van der Waals surface area (Å²) in [5.74, 6) is -0.289. The van der Waals surface area contributed by atoms with Crippen LogP contribution in [0.4, 0.5) is 0 Å². The van der Waals surface area contributed by atoms with E-state index in [0.29, 0.717) is 11.1 Å². The van der Waals surface area contributed by atoms with Crippen molar-refractivity contribution >= 4 is 48.3 Å². The van der Waals surface area contributed by atoms with Gasteiger partial charge >= 0.3 is 0 Å². The molecule has 7 aromatic rings. The fourth-order valence-corrected chi connectivity index (χ4v) is 8.44. The standard InChI is InChI=1S/C35H18O4S/c36-35-22-11-2-4-16-28(22)40(37,38)29-17-7-14-24(33(29)35)34-31-23-13-6-9-19-8-5-12-20(30(19)23)25(31)18-27-32(34)21-10-1-3-15-26(21)39-27/h1-18H. The predicted octanol–water partition coefficient (Wildman–Crippen LogP) is 8.43. The monoisotopic (exact) mass is 534 g/mol. The van der Waals surface area contributed by atoms with E-state index in [1.807, 2.05) is 36.4 Å². The second-order valence-electron chi connectivity index (χ2n) is 10.4. The van der Waals surface area contributed by atoms with Crippen LogP contribution in [0.2, 0.25) is 0 Å². The number of benzene rings is 6. The molecule has 0 saturated carbocycles. The Morgan fingerprint density at radius 2 is 1.18 bits per heavy atom. The summed E-state index contributed by atoms with van der Waals surface area (Å²) in [4.78, 5) is 14.2. The average molecular weight is 535 g/mol. The van der Waals surface area contributed by atoms with Crippen LogP contribution in [0.5, 0.6) is 0 Å². The number of carbonyl (C=O) groups excluding carboxylic acids is 1. The molecule has 4 nitrogen and oxygen atoms in total. The van der Waals surface area contributed by atoms with Crippen LogP contribution >= 0.6 is 0 Å². The normalized spacial score (nSPS) is 14.4. The molecule has 5 heteroatoms. The van der Waals surface area contributed by atoms with Crippen molar-refractivity contribution in [3.63, 3.8) is 0 Å². The van der Waals surface area contributed by atoms with E-state index in [1.54, 1.807) is 30.3 Å². The molecule has 0 radical (unpaired) electrons. The SMILES string of the molecule is O=C1c2ccccc2S(=O)(=O)c2cccc(-c3c4c(cc5oc6ccccc6c35)-c3cccc5cccc-4c35)c21. The topological polar surface area (TPSA) is 64.3 Å². The smallest absolute Gasteiger partial charge is 0.208 e. The Kier molecular flexibility index (Phi) is 4.02. The van der Waals surface area contributed by atoms with Gasteiger partial charge in [0.15, 0.2) is 5.78 Å². The lowest BCUT2D eigenvalue weighted by Crippen LogP contribution is -2.21. The molecule has 0 spiro atoms. The first kappa shape index (κ1) is 21.9. The van der Waals surface area contributed by atoms with E-state index in [4.69, 9.17) is 4.42 Å². The van der Waals surface area contributed by atoms with Crippen molar-refractivity contribution in [2.24, 2.45) is 0 Å². The third-order valence-corrected chi connectivity index (χ3v) is 10.2. The molecule has 0 N–H and O–H groups in total.